The molecule has 2 amide bonds. The summed E-state index contributed by atoms with van der Waals surface area (Å²) in [5.41, 5.74) is 3.46. The summed E-state index contributed by atoms with van der Waals surface area (Å²) < 4.78 is 6.95. The summed E-state index contributed by atoms with van der Waals surface area (Å²) in [6.07, 6.45) is 0.829. The maximum absolute atomic E-state index is 12.8. The molecule has 1 aromatic heterocycles. The minimum atomic E-state index is -0.385. The molecule has 1 atom stereocenters. The van der Waals surface area contributed by atoms with E-state index < -0.39 is 0 Å². The Kier molecular flexibility index (Phi) is 7.14. The predicted octanol–water partition coefficient (Wildman–Crippen LogP) is 2.29. The van der Waals surface area contributed by atoms with Crippen LogP contribution in [0.2, 0.25) is 0 Å². The molecule has 2 heterocycles. The predicted molar refractivity (Wildman–Crippen MR) is 131 cm³/mol. The molecule has 34 heavy (non-hydrogen) atoms. The first-order valence-electron chi connectivity index (χ1n) is 11.6. The molecule has 0 aliphatic carbocycles. The molecule has 1 fully saturated rings. The lowest BCUT2D eigenvalue weighted by Gasteiger charge is -2.39. The molecule has 1 unspecified atom stereocenters. The average molecular weight is 466 g/mol. The van der Waals surface area contributed by atoms with Crippen molar-refractivity contribution in [3.05, 3.63) is 64.1 Å². The monoisotopic (exact) mass is 465 g/mol. The molecule has 2 N–H and O–H groups in total. The number of nitrogens with one attached hydrogen (secondary N) is 2. The van der Waals surface area contributed by atoms with Gasteiger partial charge in [0.15, 0.2) is 5.58 Å². The molecular formula is C25H31N5O4. The third-order valence-electron chi connectivity index (χ3n) is 6.26. The molecule has 1 aliphatic heterocycles. The molecular weight excluding hydrogens is 434 g/mol. The lowest BCUT2D eigenvalue weighted by Crippen LogP contribution is -2.48. The second-order valence-corrected chi connectivity index (χ2v) is 8.69. The maximum atomic E-state index is 12.8. The number of nitrogens with zero attached hydrogens (tertiary/aromatic N) is 3. The van der Waals surface area contributed by atoms with Crippen LogP contribution in [0.1, 0.15) is 35.3 Å². The number of fused-ring (bicyclic) bond motifs is 1. The molecule has 4 rings (SSSR count). The Hall–Kier alpha value is -3.43. The number of hydrogen-bond donors (Lipinski definition) is 2. The smallest absolute Gasteiger partial charge is 0.408 e. The molecule has 0 saturated carbocycles. The maximum Gasteiger partial charge on any atom is 0.419 e. The van der Waals surface area contributed by atoms with Gasteiger partial charge in [0.1, 0.15) is 0 Å². The van der Waals surface area contributed by atoms with Crippen LogP contribution in [0.3, 0.4) is 0 Å². The third kappa shape index (κ3) is 5.05. The van der Waals surface area contributed by atoms with Gasteiger partial charge in [-0.1, -0.05) is 19.1 Å². The molecule has 0 spiro atoms. The van der Waals surface area contributed by atoms with Crippen LogP contribution in [0.5, 0.6) is 0 Å². The van der Waals surface area contributed by atoms with Crippen molar-refractivity contribution in [1.29, 1.82) is 0 Å². The number of aromatic nitrogens is 1. The highest BCUT2D eigenvalue weighted by Crippen LogP contribution is 2.25. The highest BCUT2D eigenvalue weighted by Gasteiger charge is 2.27. The summed E-state index contributed by atoms with van der Waals surface area (Å²) in [5.74, 6) is -0.629. The number of hydrogen-bond acceptors (Lipinski definition) is 6. The number of carbonyl (C=O) groups is 2. The molecule has 9 heteroatoms. The van der Waals surface area contributed by atoms with Gasteiger partial charge in [-0.25, -0.2) is 4.79 Å². The van der Waals surface area contributed by atoms with Crippen LogP contribution in [-0.2, 0) is 11.3 Å². The fourth-order valence-electron chi connectivity index (χ4n) is 4.45. The van der Waals surface area contributed by atoms with Crippen LogP contribution < -0.4 is 16.4 Å². The first-order valence-corrected chi connectivity index (χ1v) is 11.6. The van der Waals surface area contributed by atoms with Gasteiger partial charge in [0.25, 0.3) is 5.91 Å². The standard InChI is InChI=1S/C25H31N5O4/c1-4-10-30-20-9-8-19(14-22(20)34-25(30)33)27-23(31)16-29-12-11-28(3)21(15-29)17-6-5-7-18(13-17)24(32)26-2/h5-9,13-14,21H,4,10-12,15-16H2,1-3H3,(H,26,32)(H,27,31). The van der Waals surface area contributed by atoms with Crippen molar-refractivity contribution in [2.75, 3.05) is 45.6 Å². The zero-order valence-electron chi connectivity index (χ0n) is 19.8. The van der Waals surface area contributed by atoms with E-state index in [1.807, 2.05) is 25.1 Å². The summed E-state index contributed by atoms with van der Waals surface area (Å²) in [4.78, 5) is 41.2. The highest BCUT2D eigenvalue weighted by atomic mass is 16.4. The number of amides is 2. The summed E-state index contributed by atoms with van der Waals surface area (Å²) in [6, 6.07) is 13.0. The molecule has 1 aliphatic rings. The van der Waals surface area contributed by atoms with Crippen molar-refractivity contribution >= 4 is 28.6 Å². The van der Waals surface area contributed by atoms with E-state index in [0.717, 1.165) is 30.6 Å². The number of likely N-dealkylation sites (N-methyl/N-ethyl adjacent to an activating group) is 1. The van der Waals surface area contributed by atoms with E-state index in [0.29, 0.717) is 29.9 Å². The van der Waals surface area contributed by atoms with E-state index in [9.17, 15) is 14.4 Å². The zero-order valence-corrected chi connectivity index (χ0v) is 19.8. The number of benzene rings is 2. The van der Waals surface area contributed by atoms with Crippen LogP contribution in [0.15, 0.2) is 51.7 Å². The van der Waals surface area contributed by atoms with E-state index in [-0.39, 0.29) is 30.2 Å². The Morgan fingerprint density at radius 3 is 2.74 bits per heavy atom. The molecule has 1 saturated heterocycles. The first kappa shape index (κ1) is 23.7. The van der Waals surface area contributed by atoms with E-state index in [4.69, 9.17) is 4.42 Å². The summed E-state index contributed by atoms with van der Waals surface area (Å²) >= 11 is 0. The van der Waals surface area contributed by atoms with Crippen molar-refractivity contribution in [3.63, 3.8) is 0 Å². The van der Waals surface area contributed by atoms with Crippen LogP contribution in [0, 0.1) is 0 Å². The SMILES string of the molecule is CCCn1c(=O)oc2cc(NC(=O)CN3CCN(C)C(c4cccc(C(=O)NC)c4)C3)ccc21. The molecule has 0 bridgehead atoms. The first-order chi connectivity index (χ1) is 16.4. The number of piperazine rings is 1. The van der Waals surface area contributed by atoms with Gasteiger partial charge in [-0.2, -0.15) is 0 Å². The Morgan fingerprint density at radius 2 is 1.97 bits per heavy atom. The number of aryl methyl sites for hydroxylation is 1. The van der Waals surface area contributed by atoms with Crippen LogP contribution >= 0.6 is 0 Å². The molecule has 180 valence electrons. The van der Waals surface area contributed by atoms with Crippen LogP contribution in [-0.4, -0.2) is 66.5 Å². The number of anilines is 1. The number of oxazole rings is 1. The van der Waals surface area contributed by atoms with Crippen molar-refractivity contribution in [2.24, 2.45) is 0 Å². The summed E-state index contributed by atoms with van der Waals surface area (Å²) in [5, 5.41) is 5.58. The van der Waals surface area contributed by atoms with Crippen molar-refractivity contribution in [1.82, 2.24) is 19.7 Å². The lowest BCUT2D eigenvalue weighted by molar-refractivity contribution is -0.118. The van der Waals surface area contributed by atoms with E-state index >= 15 is 0 Å². The van der Waals surface area contributed by atoms with Gasteiger partial charge in [-0.05, 0) is 43.3 Å². The largest absolute Gasteiger partial charge is 0.419 e. The molecule has 2 aromatic carbocycles. The molecule has 3 aromatic rings. The topological polar surface area (TPSA) is 99.8 Å². The van der Waals surface area contributed by atoms with Crippen molar-refractivity contribution in [3.8, 4) is 0 Å². The van der Waals surface area contributed by atoms with Gasteiger partial charge < -0.3 is 15.1 Å². The van der Waals surface area contributed by atoms with Gasteiger partial charge >= 0.3 is 5.76 Å². The van der Waals surface area contributed by atoms with E-state index in [1.54, 1.807) is 35.9 Å². The minimum absolute atomic E-state index is 0.0788. The van der Waals surface area contributed by atoms with Crippen LogP contribution in [0.25, 0.3) is 11.1 Å². The fourth-order valence-corrected chi connectivity index (χ4v) is 4.45. The Bertz CT molecular complexity index is 1250. The van der Waals surface area contributed by atoms with E-state index in [1.165, 1.54) is 0 Å². The summed E-state index contributed by atoms with van der Waals surface area (Å²) in [6.45, 7) is 5.09. The van der Waals surface area contributed by atoms with Gasteiger partial charge in [-0.15, -0.1) is 0 Å². The molecule has 0 radical (unpaired) electrons. The van der Waals surface area contributed by atoms with Gasteiger partial charge in [0, 0.05) is 56.6 Å². The highest BCUT2D eigenvalue weighted by molar-refractivity contribution is 5.94. The second-order valence-electron chi connectivity index (χ2n) is 8.69. The number of carbonyl (C=O) groups excluding carboxylic acids is 2. The van der Waals surface area contributed by atoms with Gasteiger partial charge in [0.2, 0.25) is 5.91 Å². The Morgan fingerprint density at radius 1 is 1.15 bits per heavy atom. The van der Waals surface area contributed by atoms with Gasteiger partial charge in [0.05, 0.1) is 12.1 Å². The second kappa shape index (κ2) is 10.2. The minimum Gasteiger partial charge on any atom is -0.408 e. The van der Waals surface area contributed by atoms with Crippen molar-refractivity contribution in [2.45, 2.75) is 25.9 Å². The quantitative estimate of drug-likeness (QED) is 0.556. The third-order valence-corrected chi connectivity index (χ3v) is 6.26. The lowest BCUT2D eigenvalue weighted by atomic mass is 10.00. The number of rotatable bonds is 7. The molecule has 9 nitrogen and oxygen atoms in total. The fraction of sp³-hybridized carbons (Fsp3) is 0.400. The Balaban J connectivity index is 1.42. The van der Waals surface area contributed by atoms with Crippen LogP contribution in [0.4, 0.5) is 5.69 Å². The van der Waals surface area contributed by atoms with E-state index in [2.05, 4.69) is 27.5 Å². The van der Waals surface area contributed by atoms with Gasteiger partial charge in [-0.3, -0.25) is 24.0 Å². The average Bonchev–Trinajstić information content (AvgIpc) is 3.14. The Labute approximate surface area is 198 Å². The zero-order chi connectivity index (χ0) is 24.2. The van der Waals surface area contributed by atoms with Crippen molar-refractivity contribution < 1.29 is 14.0 Å². The normalized spacial score (nSPS) is 17.1. The summed E-state index contributed by atoms with van der Waals surface area (Å²) in [7, 11) is 3.68.